The summed E-state index contributed by atoms with van der Waals surface area (Å²) in [5, 5.41) is 0. The molecule has 6 nitrogen and oxygen atoms in total. The molecule has 6 heteroatoms. The zero-order chi connectivity index (χ0) is 34.5. The standard InChI is InChI=1S/C41H78O6/c1-4-7-10-13-15-17-19-21-23-25-28-31-34-40(43)46-37-38(36-45-39(42)33-30-27-12-9-6-3)47-41(44)35-32-29-26-24-22-20-18-16-14-11-8-5-2/h38H,4-37H2,1-3H3/t38-/m1/s1. The van der Waals surface area contributed by atoms with Gasteiger partial charge in [-0.25, -0.2) is 0 Å². The Morgan fingerprint density at radius 2 is 0.574 bits per heavy atom. The molecule has 0 saturated heterocycles. The minimum Gasteiger partial charge on any atom is -0.462 e. The Bertz CT molecular complexity index is 693. The number of carbonyl (C=O) groups is 3. The average Bonchev–Trinajstić information content (AvgIpc) is 3.06. The van der Waals surface area contributed by atoms with Gasteiger partial charge in [0.05, 0.1) is 0 Å². The normalized spacial score (nSPS) is 11.8. The highest BCUT2D eigenvalue weighted by molar-refractivity contribution is 5.71. The van der Waals surface area contributed by atoms with E-state index < -0.39 is 6.10 Å². The second kappa shape index (κ2) is 37.2. The smallest absolute Gasteiger partial charge is 0.306 e. The van der Waals surface area contributed by atoms with Crippen LogP contribution < -0.4 is 0 Å². The van der Waals surface area contributed by atoms with Gasteiger partial charge < -0.3 is 14.2 Å². The summed E-state index contributed by atoms with van der Waals surface area (Å²) >= 11 is 0. The number of hydrogen-bond donors (Lipinski definition) is 0. The molecule has 0 bridgehead atoms. The van der Waals surface area contributed by atoms with Gasteiger partial charge in [0.25, 0.3) is 0 Å². The van der Waals surface area contributed by atoms with Crippen molar-refractivity contribution < 1.29 is 28.6 Å². The first kappa shape index (κ1) is 45.4. The van der Waals surface area contributed by atoms with E-state index in [1.54, 1.807) is 0 Å². The summed E-state index contributed by atoms with van der Waals surface area (Å²) < 4.78 is 16.5. The van der Waals surface area contributed by atoms with E-state index in [4.69, 9.17) is 14.2 Å². The molecule has 0 aromatic rings. The van der Waals surface area contributed by atoms with Gasteiger partial charge in [-0.15, -0.1) is 0 Å². The molecule has 278 valence electrons. The van der Waals surface area contributed by atoms with E-state index in [2.05, 4.69) is 20.8 Å². The fourth-order valence-corrected chi connectivity index (χ4v) is 5.97. The van der Waals surface area contributed by atoms with E-state index in [0.717, 1.165) is 64.2 Å². The van der Waals surface area contributed by atoms with Gasteiger partial charge in [0.15, 0.2) is 6.10 Å². The van der Waals surface area contributed by atoms with Gasteiger partial charge in [0.2, 0.25) is 0 Å². The molecular weight excluding hydrogens is 588 g/mol. The maximum Gasteiger partial charge on any atom is 0.306 e. The zero-order valence-corrected chi connectivity index (χ0v) is 31.6. The van der Waals surface area contributed by atoms with E-state index in [-0.39, 0.29) is 31.1 Å². The molecule has 0 aliphatic rings. The maximum absolute atomic E-state index is 12.6. The second-order valence-corrected chi connectivity index (χ2v) is 13.9. The van der Waals surface area contributed by atoms with Crippen molar-refractivity contribution in [3.63, 3.8) is 0 Å². The van der Waals surface area contributed by atoms with Crippen molar-refractivity contribution in [1.82, 2.24) is 0 Å². The van der Waals surface area contributed by atoms with Crippen LogP contribution in [0.2, 0.25) is 0 Å². The number of rotatable bonds is 37. The molecule has 0 aliphatic heterocycles. The highest BCUT2D eigenvalue weighted by Gasteiger charge is 2.19. The van der Waals surface area contributed by atoms with Crippen LogP contribution in [0.5, 0.6) is 0 Å². The van der Waals surface area contributed by atoms with Crippen molar-refractivity contribution in [1.29, 1.82) is 0 Å². The molecule has 0 amide bonds. The fraction of sp³-hybridized carbons (Fsp3) is 0.927. The highest BCUT2D eigenvalue weighted by atomic mass is 16.6. The van der Waals surface area contributed by atoms with Gasteiger partial charge in [0, 0.05) is 19.3 Å². The predicted molar refractivity (Wildman–Crippen MR) is 197 cm³/mol. The lowest BCUT2D eigenvalue weighted by Gasteiger charge is -2.18. The Hall–Kier alpha value is -1.59. The van der Waals surface area contributed by atoms with Crippen LogP contribution in [0.25, 0.3) is 0 Å². The lowest BCUT2D eigenvalue weighted by atomic mass is 10.0. The summed E-state index contributed by atoms with van der Waals surface area (Å²) in [6.07, 6.45) is 35.4. The molecular formula is C41H78O6. The number of esters is 3. The first-order valence-corrected chi connectivity index (χ1v) is 20.5. The van der Waals surface area contributed by atoms with E-state index in [1.807, 2.05) is 0 Å². The molecule has 0 spiro atoms. The Balaban J connectivity index is 4.24. The largest absolute Gasteiger partial charge is 0.462 e. The third-order valence-corrected chi connectivity index (χ3v) is 9.11. The number of hydrogen-bond acceptors (Lipinski definition) is 6. The average molecular weight is 667 g/mol. The van der Waals surface area contributed by atoms with Gasteiger partial charge in [-0.3, -0.25) is 14.4 Å². The Morgan fingerprint density at radius 1 is 0.340 bits per heavy atom. The van der Waals surface area contributed by atoms with Crippen LogP contribution in [0.3, 0.4) is 0 Å². The molecule has 1 atom stereocenters. The third-order valence-electron chi connectivity index (χ3n) is 9.11. The molecule has 0 fully saturated rings. The highest BCUT2D eigenvalue weighted by Crippen LogP contribution is 2.15. The minimum absolute atomic E-state index is 0.0644. The summed E-state index contributed by atoms with van der Waals surface area (Å²) in [6.45, 7) is 6.55. The molecule has 47 heavy (non-hydrogen) atoms. The van der Waals surface area contributed by atoms with E-state index in [9.17, 15) is 14.4 Å². The van der Waals surface area contributed by atoms with Crippen LogP contribution in [-0.2, 0) is 28.6 Å². The van der Waals surface area contributed by atoms with E-state index >= 15 is 0 Å². The lowest BCUT2D eigenvalue weighted by molar-refractivity contribution is -0.167. The monoisotopic (exact) mass is 667 g/mol. The topological polar surface area (TPSA) is 78.9 Å². The van der Waals surface area contributed by atoms with Gasteiger partial charge in [-0.05, 0) is 19.3 Å². The molecule has 0 N–H and O–H groups in total. The molecule has 0 rings (SSSR count). The minimum atomic E-state index is -0.755. The third kappa shape index (κ3) is 35.5. The van der Waals surface area contributed by atoms with Crippen molar-refractivity contribution in [3.05, 3.63) is 0 Å². The Kier molecular flexibility index (Phi) is 36.0. The van der Waals surface area contributed by atoms with Gasteiger partial charge in [-0.2, -0.15) is 0 Å². The zero-order valence-electron chi connectivity index (χ0n) is 31.6. The summed E-state index contributed by atoms with van der Waals surface area (Å²) in [4.78, 5) is 37.3. The van der Waals surface area contributed by atoms with E-state index in [0.29, 0.717) is 19.3 Å². The van der Waals surface area contributed by atoms with Crippen molar-refractivity contribution in [3.8, 4) is 0 Å². The van der Waals surface area contributed by atoms with E-state index in [1.165, 1.54) is 122 Å². The molecule has 0 aromatic carbocycles. The Morgan fingerprint density at radius 3 is 0.851 bits per heavy atom. The molecule has 0 radical (unpaired) electrons. The van der Waals surface area contributed by atoms with Crippen molar-refractivity contribution >= 4 is 17.9 Å². The maximum atomic E-state index is 12.6. The van der Waals surface area contributed by atoms with Crippen LogP contribution in [0.4, 0.5) is 0 Å². The van der Waals surface area contributed by atoms with Gasteiger partial charge in [-0.1, -0.05) is 188 Å². The SMILES string of the molecule is CCCCCCCCCCCCCCC(=O)OC[C@@H](COC(=O)CCCCCCC)OC(=O)CCCCCCCCCCCCCC. The quantitative estimate of drug-likeness (QED) is 0.0373. The van der Waals surface area contributed by atoms with Crippen LogP contribution in [0.15, 0.2) is 0 Å². The summed E-state index contributed by atoms with van der Waals surface area (Å²) in [7, 11) is 0. The van der Waals surface area contributed by atoms with Gasteiger partial charge >= 0.3 is 17.9 Å². The van der Waals surface area contributed by atoms with Gasteiger partial charge in [0.1, 0.15) is 13.2 Å². The number of carbonyl (C=O) groups excluding carboxylic acids is 3. The summed E-state index contributed by atoms with van der Waals surface area (Å²) in [5.74, 6) is -0.873. The summed E-state index contributed by atoms with van der Waals surface area (Å²) in [5.41, 5.74) is 0. The summed E-state index contributed by atoms with van der Waals surface area (Å²) in [6, 6.07) is 0. The molecule has 0 unspecified atom stereocenters. The second-order valence-electron chi connectivity index (χ2n) is 13.9. The molecule has 0 heterocycles. The first-order valence-electron chi connectivity index (χ1n) is 20.5. The molecule has 0 saturated carbocycles. The Labute approximate surface area is 291 Å². The molecule has 0 aliphatic carbocycles. The van der Waals surface area contributed by atoms with Crippen molar-refractivity contribution in [2.45, 2.75) is 232 Å². The van der Waals surface area contributed by atoms with Crippen LogP contribution in [0, 0.1) is 0 Å². The predicted octanol–water partition coefficient (Wildman–Crippen LogP) is 12.5. The number of unbranched alkanes of at least 4 members (excludes halogenated alkanes) is 26. The fourth-order valence-electron chi connectivity index (χ4n) is 5.97. The lowest BCUT2D eigenvalue weighted by Crippen LogP contribution is -2.30. The van der Waals surface area contributed by atoms with Crippen molar-refractivity contribution in [2.24, 2.45) is 0 Å². The number of ether oxygens (including phenoxy) is 3. The first-order chi connectivity index (χ1) is 23.0. The van der Waals surface area contributed by atoms with Crippen LogP contribution in [0.1, 0.15) is 226 Å². The molecule has 0 aromatic heterocycles. The van der Waals surface area contributed by atoms with Crippen molar-refractivity contribution in [2.75, 3.05) is 13.2 Å². The van der Waals surface area contributed by atoms with Crippen LogP contribution >= 0.6 is 0 Å². The van der Waals surface area contributed by atoms with Crippen LogP contribution in [-0.4, -0.2) is 37.2 Å².